The van der Waals surface area contributed by atoms with Crippen molar-refractivity contribution in [2.45, 2.75) is 59.5 Å². The summed E-state index contributed by atoms with van der Waals surface area (Å²) in [5.41, 5.74) is 2.80. The Morgan fingerprint density at radius 3 is 2.59 bits per heavy atom. The van der Waals surface area contributed by atoms with E-state index in [0.29, 0.717) is 32.9 Å². The Kier molecular flexibility index (Phi) is 7.68. The van der Waals surface area contributed by atoms with E-state index in [1.807, 2.05) is 38.1 Å². The van der Waals surface area contributed by atoms with Gasteiger partial charge in [-0.2, -0.15) is 0 Å². The van der Waals surface area contributed by atoms with Gasteiger partial charge in [0.1, 0.15) is 0 Å². The summed E-state index contributed by atoms with van der Waals surface area (Å²) in [4.78, 5) is 25.7. The smallest absolute Gasteiger partial charge is 0.265 e. The van der Waals surface area contributed by atoms with Crippen LogP contribution in [0.25, 0.3) is 0 Å². The van der Waals surface area contributed by atoms with E-state index >= 15 is 0 Å². The number of benzene rings is 1. The summed E-state index contributed by atoms with van der Waals surface area (Å²) in [5, 5.41) is 3.75. The molecular weight excluding hydrogens is 428 g/mol. The minimum Gasteiger partial charge on any atom is -0.345 e. The molecule has 1 amide bonds. The SMILES string of the molecule is CCCCn1c(C)c(C(=O)N[C@@H](CC)c2cccc(Cl)c2)c(C)c(Br)c1=O. The third-order valence-electron chi connectivity index (χ3n) is 4.83. The average molecular weight is 454 g/mol. The Morgan fingerprint density at radius 1 is 1.30 bits per heavy atom. The summed E-state index contributed by atoms with van der Waals surface area (Å²) < 4.78 is 2.14. The van der Waals surface area contributed by atoms with Crippen LogP contribution in [0.4, 0.5) is 0 Å². The molecule has 1 N–H and O–H groups in total. The van der Waals surface area contributed by atoms with E-state index in [0.717, 1.165) is 24.8 Å². The first kappa shape index (κ1) is 21.7. The number of amides is 1. The van der Waals surface area contributed by atoms with E-state index in [-0.39, 0.29) is 17.5 Å². The van der Waals surface area contributed by atoms with Crippen LogP contribution in [0.3, 0.4) is 0 Å². The van der Waals surface area contributed by atoms with Gasteiger partial charge in [0.25, 0.3) is 11.5 Å². The van der Waals surface area contributed by atoms with Crippen LogP contribution in [0, 0.1) is 13.8 Å². The molecular formula is C21H26BrClN2O2. The first-order valence-electron chi connectivity index (χ1n) is 9.27. The van der Waals surface area contributed by atoms with Gasteiger partial charge in [0, 0.05) is 17.3 Å². The summed E-state index contributed by atoms with van der Waals surface area (Å²) in [5.74, 6) is -0.178. The van der Waals surface area contributed by atoms with Gasteiger partial charge < -0.3 is 9.88 Å². The van der Waals surface area contributed by atoms with E-state index in [4.69, 9.17) is 11.6 Å². The topological polar surface area (TPSA) is 51.1 Å². The summed E-state index contributed by atoms with van der Waals surface area (Å²) >= 11 is 9.48. The molecule has 0 aliphatic rings. The van der Waals surface area contributed by atoms with Crippen LogP contribution in [0.1, 0.15) is 66.3 Å². The Morgan fingerprint density at radius 2 is 2.00 bits per heavy atom. The molecule has 0 saturated heterocycles. The van der Waals surface area contributed by atoms with E-state index < -0.39 is 0 Å². The van der Waals surface area contributed by atoms with Gasteiger partial charge in [0.15, 0.2) is 0 Å². The number of hydrogen-bond acceptors (Lipinski definition) is 2. The highest BCUT2D eigenvalue weighted by Gasteiger charge is 2.22. The zero-order chi connectivity index (χ0) is 20.1. The number of halogens is 2. The first-order valence-corrected chi connectivity index (χ1v) is 10.4. The molecule has 0 saturated carbocycles. The predicted octanol–water partition coefficient (Wildman–Crippen LogP) is 5.56. The molecule has 1 aromatic heterocycles. The average Bonchev–Trinajstić information content (AvgIpc) is 2.64. The van der Waals surface area contributed by atoms with Crippen LogP contribution in [0.5, 0.6) is 0 Å². The molecule has 1 atom stereocenters. The van der Waals surface area contributed by atoms with Crippen LogP contribution in [-0.4, -0.2) is 10.5 Å². The zero-order valence-electron chi connectivity index (χ0n) is 16.2. The molecule has 27 heavy (non-hydrogen) atoms. The Bertz CT molecular complexity index is 892. The number of nitrogens with one attached hydrogen (secondary N) is 1. The third-order valence-corrected chi connectivity index (χ3v) is 6.00. The number of unbranched alkanes of at least 4 members (excludes halogenated alkanes) is 1. The standard InChI is InChI=1S/C21H26BrClN2O2/c1-5-7-11-25-14(4)18(13(3)19(22)21(25)27)20(26)24-17(6-2)15-9-8-10-16(23)12-15/h8-10,12,17H,5-7,11H2,1-4H3,(H,24,26)/t17-/m0/s1. The van der Waals surface area contributed by atoms with Crippen molar-refractivity contribution < 1.29 is 4.79 Å². The summed E-state index contributed by atoms with van der Waals surface area (Å²) in [6.45, 7) is 8.34. The van der Waals surface area contributed by atoms with E-state index in [9.17, 15) is 9.59 Å². The summed E-state index contributed by atoms with van der Waals surface area (Å²) in [6.07, 6.45) is 2.60. The van der Waals surface area contributed by atoms with Crippen molar-refractivity contribution in [1.29, 1.82) is 0 Å². The normalized spacial score (nSPS) is 12.1. The molecule has 0 aliphatic heterocycles. The lowest BCUT2D eigenvalue weighted by atomic mass is 10.0. The quantitative estimate of drug-likeness (QED) is 0.596. The van der Waals surface area contributed by atoms with Crippen molar-refractivity contribution in [3.63, 3.8) is 0 Å². The van der Waals surface area contributed by atoms with Crippen molar-refractivity contribution >= 4 is 33.4 Å². The molecule has 0 fully saturated rings. The highest BCUT2D eigenvalue weighted by molar-refractivity contribution is 9.10. The molecule has 0 unspecified atom stereocenters. The molecule has 146 valence electrons. The Balaban J connectivity index is 2.42. The molecule has 2 rings (SSSR count). The maximum atomic E-state index is 13.1. The molecule has 6 heteroatoms. The first-order chi connectivity index (χ1) is 12.8. The highest BCUT2D eigenvalue weighted by atomic mass is 79.9. The van der Waals surface area contributed by atoms with Gasteiger partial charge in [-0.1, -0.05) is 44.0 Å². The second-order valence-electron chi connectivity index (χ2n) is 6.70. The fraction of sp³-hybridized carbons (Fsp3) is 0.429. The minimum atomic E-state index is -0.178. The molecule has 2 aromatic rings. The maximum Gasteiger partial charge on any atom is 0.265 e. The number of carbonyl (C=O) groups excluding carboxylic acids is 1. The molecule has 0 radical (unpaired) electrons. The van der Waals surface area contributed by atoms with Crippen molar-refractivity contribution in [3.8, 4) is 0 Å². The van der Waals surface area contributed by atoms with Gasteiger partial charge in [-0.15, -0.1) is 0 Å². The molecule has 1 aromatic carbocycles. The van der Waals surface area contributed by atoms with Crippen LogP contribution in [0.15, 0.2) is 33.5 Å². The van der Waals surface area contributed by atoms with Gasteiger partial charge in [-0.05, 0) is 65.9 Å². The number of carbonyl (C=O) groups is 1. The van der Waals surface area contributed by atoms with E-state index in [1.54, 1.807) is 11.5 Å². The second kappa shape index (κ2) is 9.56. The number of aromatic nitrogens is 1. The molecule has 1 heterocycles. The van der Waals surface area contributed by atoms with Gasteiger partial charge in [0.2, 0.25) is 0 Å². The molecule has 0 spiro atoms. The fourth-order valence-corrected chi connectivity index (χ4v) is 3.85. The summed E-state index contributed by atoms with van der Waals surface area (Å²) in [6, 6.07) is 7.37. The molecule has 0 aliphatic carbocycles. The van der Waals surface area contributed by atoms with Crippen LogP contribution < -0.4 is 10.9 Å². The Hall–Kier alpha value is -1.59. The van der Waals surface area contributed by atoms with Crippen molar-refractivity contribution in [2.24, 2.45) is 0 Å². The van der Waals surface area contributed by atoms with Crippen molar-refractivity contribution in [1.82, 2.24) is 9.88 Å². The van der Waals surface area contributed by atoms with Gasteiger partial charge in [0.05, 0.1) is 16.1 Å². The second-order valence-corrected chi connectivity index (χ2v) is 7.93. The predicted molar refractivity (Wildman–Crippen MR) is 115 cm³/mol. The highest BCUT2D eigenvalue weighted by Crippen LogP contribution is 2.24. The van der Waals surface area contributed by atoms with Crippen LogP contribution in [0.2, 0.25) is 5.02 Å². The number of nitrogens with zero attached hydrogens (tertiary/aromatic N) is 1. The lowest BCUT2D eigenvalue weighted by molar-refractivity contribution is 0.0933. The van der Waals surface area contributed by atoms with Crippen LogP contribution >= 0.6 is 27.5 Å². The Labute approximate surface area is 174 Å². The van der Waals surface area contributed by atoms with Gasteiger partial charge in [-0.25, -0.2) is 0 Å². The number of pyridine rings is 1. The van der Waals surface area contributed by atoms with Gasteiger partial charge >= 0.3 is 0 Å². The summed E-state index contributed by atoms with van der Waals surface area (Å²) in [7, 11) is 0. The lowest BCUT2D eigenvalue weighted by Crippen LogP contribution is -2.33. The molecule has 0 bridgehead atoms. The minimum absolute atomic E-state index is 0.0862. The monoisotopic (exact) mass is 452 g/mol. The zero-order valence-corrected chi connectivity index (χ0v) is 18.6. The number of hydrogen-bond donors (Lipinski definition) is 1. The van der Waals surface area contributed by atoms with E-state index in [2.05, 4.69) is 28.2 Å². The fourth-order valence-electron chi connectivity index (χ4n) is 3.24. The largest absolute Gasteiger partial charge is 0.345 e. The number of rotatable bonds is 7. The van der Waals surface area contributed by atoms with Crippen molar-refractivity contribution in [3.05, 3.63) is 66.5 Å². The maximum absolute atomic E-state index is 13.1. The van der Waals surface area contributed by atoms with Crippen LogP contribution in [-0.2, 0) is 6.54 Å². The molecule has 4 nitrogen and oxygen atoms in total. The lowest BCUT2D eigenvalue weighted by Gasteiger charge is -2.21. The van der Waals surface area contributed by atoms with E-state index in [1.165, 1.54) is 0 Å². The van der Waals surface area contributed by atoms with Gasteiger partial charge in [-0.3, -0.25) is 9.59 Å². The van der Waals surface area contributed by atoms with Crippen molar-refractivity contribution in [2.75, 3.05) is 0 Å². The third kappa shape index (κ3) is 4.82.